The molecule has 0 aliphatic rings. The Morgan fingerprint density at radius 2 is 1.63 bits per heavy atom. The summed E-state index contributed by atoms with van der Waals surface area (Å²) in [6, 6.07) is 23.3. The van der Waals surface area contributed by atoms with Crippen molar-refractivity contribution in [2.75, 3.05) is 4.90 Å². The Morgan fingerprint density at radius 1 is 0.926 bits per heavy atom. The molecule has 0 atom stereocenters. The lowest BCUT2D eigenvalue weighted by Crippen LogP contribution is -2.22. The molecule has 0 aromatic heterocycles. The van der Waals surface area contributed by atoms with E-state index in [-0.39, 0.29) is 0 Å². The van der Waals surface area contributed by atoms with E-state index in [1.54, 1.807) is 6.08 Å². The minimum Gasteiger partial charge on any atom is -0.335 e. The molecule has 2 nitrogen and oxygen atoms in total. The van der Waals surface area contributed by atoms with Crippen molar-refractivity contribution in [3.8, 4) is 0 Å². The minimum atomic E-state index is 0.696. The van der Waals surface area contributed by atoms with Gasteiger partial charge in [0.15, 0.2) is 0 Å². The topological polar surface area (TPSA) is 15.6 Å². The summed E-state index contributed by atoms with van der Waals surface area (Å²) >= 11 is 0. The Kier molecular flexibility index (Phi) is 5.68. The van der Waals surface area contributed by atoms with Gasteiger partial charge in [0.2, 0.25) is 0 Å². The summed E-state index contributed by atoms with van der Waals surface area (Å²) in [5.41, 5.74) is 5.15. The van der Waals surface area contributed by atoms with Gasteiger partial charge in [0.25, 0.3) is 0 Å². The molecule has 0 unspecified atom stereocenters. The largest absolute Gasteiger partial charge is 0.335 e. The zero-order chi connectivity index (χ0) is 19.2. The van der Waals surface area contributed by atoms with Gasteiger partial charge in [-0.25, -0.2) is 0 Å². The molecule has 0 N–H and O–H groups in total. The highest BCUT2D eigenvalue weighted by atomic mass is 15.1. The first-order chi connectivity index (χ1) is 13.2. The van der Waals surface area contributed by atoms with Crippen LogP contribution in [0.4, 0.5) is 5.69 Å². The molecule has 134 valence electrons. The summed E-state index contributed by atoms with van der Waals surface area (Å²) in [5.74, 6) is 0. The lowest BCUT2D eigenvalue weighted by atomic mass is 10.0. The van der Waals surface area contributed by atoms with Gasteiger partial charge in [0.05, 0.1) is 11.4 Å². The van der Waals surface area contributed by atoms with Crippen LogP contribution in [0.5, 0.6) is 0 Å². The monoisotopic (exact) mass is 352 g/mol. The average molecular weight is 352 g/mol. The molecule has 3 rings (SSSR count). The van der Waals surface area contributed by atoms with Gasteiger partial charge in [-0.3, -0.25) is 4.99 Å². The molecule has 2 heteroatoms. The standard InChI is InChI=1S/C25H24N2/c1-5-24(26-4)25(6-2)27(23-10-8-7-9-11-23)18-20-13-15-21-16-19(3)12-14-22(21)17-20/h5-17H,1-2,4,18H2,3H3/b25-24-. The zero-order valence-corrected chi connectivity index (χ0v) is 15.7. The van der Waals surface area contributed by atoms with Crippen LogP contribution in [0.15, 0.2) is 108 Å². The smallest absolute Gasteiger partial charge is 0.0853 e. The average Bonchev–Trinajstić information content (AvgIpc) is 2.71. The summed E-state index contributed by atoms with van der Waals surface area (Å²) in [6.45, 7) is 14.3. The van der Waals surface area contributed by atoms with Gasteiger partial charge < -0.3 is 4.90 Å². The maximum atomic E-state index is 4.12. The fourth-order valence-corrected chi connectivity index (χ4v) is 3.22. The van der Waals surface area contributed by atoms with Crippen molar-refractivity contribution in [1.29, 1.82) is 0 Å². The predicted octanol–water partition coefficient (Wildman–Crippen LogP) is 6.44. The number of fused-ring (bicyclic) bond motifs is 1. The van der Waals surface area contributed by atoms with Crippen LogP contribution >= 0.6 is 0 Å². The van der Waals surface area contributed by atoms with Crippen LogP contribution < -0.4 is 4.90 Å². The van der Waals surface area contributed by atoms with Crippen LogP contribution in [0.25, 0.3) is 10.8 Å². The maximum Gasteiger partial charge on any atom is 0.0853 e. The number of nitrogens with zero attached hydrogens (tertiary/aromatic N) is 2. The van der Waals surface area contributed by atoms with Crippen LogP contribution in [0.2, 0.25) is 0 Å². The Balaban J connectivity index is 2.07. The second-order valence-electron chi connectivity index (χ2n) is 6.44. The second kappa shape index (κ2) is 8.33. The van der Waals surface area contributed by atoms with E-state index in [2.05, 4.69) is 85.2 Å². The zero-order valence-electron chi connectivity index (χ0n) is 15.7. The van der Waals surface area contributed by atoms with E-state index in [0.29, 0.717) is 12.2 Å². The number of allylic oxidation sites excluding steroid dienone is 2. The van der Waals surface area contributed by atoms with Gasteiger partial charge in [0.1, 0.15) is 0 Å². The molecule has 0 bridgehead atoms. The number of para-hydroxylation sites is 1. The molecule has 0 saturated carbocycles. The van der Waals surface area contributed by atoms with E-state index in [1.165, 1.54) is 21.9 Å². The molecule has 0 heterocycles. The van der Waals surface area contributed by atoms with Crippen molar-refractivity contribution in [2.24, 2.45) is 4.99 Å². The highest BCUT2D eigenvalue weighted by Gasteiger charge is 2.14. The first-order valence-electron chi connectivity index (χ1n) is 8.94. The Labute approximate surface area is 161 Å². The van der Waals surface area contributed by atoms with Crippen molar-refractivity contribution < 1.29 is 0 Å². The number of rotatable bonds is 7. The molecular weight excluding hydrogens is 328 g/mol. The highest BCUT2D eigenvalue weighted by Crippen LogP contribution is 2.27. The summed E-state index contributed by atoms with van der Waals surface area (Å²) in [4.78, 5) is 6.31. The van der Waals surface area contributed by atoms with Crippen LogP contribution in [0, 0.1) is 6.92 Å². The Hall–Kier alpha value is -3.39. The summed E-state index contributed by atoms with van der Waals surface area (Å²) in [7, 11) is 0. The number of hydrogen-bond acceptors (Lipinski definition) is 2. The Morgan fingerprint density at radius 3 is 2.30 bits per heavy atom. The summed E-state index contributed by atoms with van der Waals surface area (Å²) in [5, 5.41) is 2.49. The van der Waals surface area contributed by atoms with Crippen molar-refractivity contribution in [1.82, 2.24) is 0 Å². The lowest BCUT2D eigenvalue weighted by Gasteiger charge is -2.27. The molecular formula is C25H24N2. The molecule has 27 heavy (non-hydrogen) atoms. The van der Waals surface area contributed by atoms with E-state index < -0.39 is 0 Å². The van der Waals surface area contributed by atoms with Crippen LogP contribution in [0.1, 0.15) is 11.1 Å². The number of benzene rings is 3. The highest BCUT2D eigenvalue weighted by molar-refractivity contribution is 5.84. The van der Waals surface area contributed by atoms with E-state index >= 15 is 0 Å². The molecule has 0 aliphatic heterocycles. The van der Waals surface area contributed by atoms with Crippen LogP contribution in [-0.4, -0.2) is 6.72 Å². The van der Waals surface area contributed by atoms with Gasteiger partial charge in [0, 0.05) is 12.2 Å². The lowest BCUT2D eigenvalue weighted by molar-refractivity contribution is 0.925. The second-order valence-corrected chi connectivity index (χ2v) is 6.44. The number of hydrogen-bond donors (Lipinski definition) is 0. The van der Waals surface area contributed by atoms with E-state index in [4.69, 9.17) is 0 Å². The third kappa shape index (κ3) is 4.06. The predicted molar refractivity (Wildman–Crippen MR) is 118 cm³/mol. The SMILES string of the molecule is C=C/C(N=C)=C(\C=C)N(Cc1ccc2cc(C)ccc2c1)c1ccccc1. The van der Waals surface area contributed by atoms with E-state index in [0.717, 1.165) is 11.4 Å². The minimum absolute atomic E-state index is 0.696. The molecule has 3 aromatic carbocycles. The number of aryl methyl sites for hydroxylation is 1. The fourth-order valence-electron chi connectivity index (χ4n) is 3.22. The fraction of sp³-hybridized carbons (Fsp3) is 0.0800. The van der Waals surface area contributed by atoms with E-state index in [9.17, 15) is 0 Å². The van der Waals surface area contributed by atoms with Crippen LogP contribution in [0.3, 0.4) is 0 Å². The van der Waals surface area contributed by atoms with Crippen molar-refractivity contribution in [3.05, 3.63) is 115 Å². The molecule has 0 spiro atoms. The number of anilines is 1. The molecule has 0 aliphatic carbocycles. The summed E-state index contributed by atoms with van der Waals surface area (Å²) < 4.78 is 0. The Bertz CT molecular complexity index is 1000. The van der Waals surface area contributed by atoms with Gasteiger partial charge >= 0.3 is 0 Å². The van der Waals surface area contributed by atoms with E-state index in [1.807, 2.05) is 24.3 Å². The summed E-state index contributed by atoms with van der Waals surface area (Å²) in [6.07, 6.45) is 3.52. The van der Waals surface area contributed by atoms with Gasteiger partial charge in [-0.1, -0.05) is 67.3 Å². The van der Waals surface area contributed by atoms with Gasteiger partial charge in [-0.2, -0.15) is 0 Å². The van der Waals surface area contributed by atoms with Crippen LogP contribution in [-0.2, 0) is 6.54 Å². The first-order valence-corrected chi connectivity index (χ1v) is 8.94. The first kappa shape index (κ1) is 18.4. The molecule has 0 saturated heterocycles. The van der Waals surface area contributed by atoms with Crippen molar-refractivity contribution in [2.45, 2.75) is 13.5 Å². The maximum absolute atomic E-state index is 4.12. The quantitative estimate of drug-likeness (QED) is 0.353. The van der Waals surface area contributed by atoms with Gasteiger partial charge in [-0.05, 0) is 60.3 Å². The third-order valence-corrected chi connectivity index (χ3v) is 4.58. The molecule has 0 radical (unpaired) electrons. The third-order valence-electron chi connectivity index (χ3n) is 4.58. The van der Waals surface area contributed by atoms with Crippen molar-refractivity contribution in [3.63, 3.8) is 0 Å². The number of aliphatic imine (C=N–C) groups is 1. The molecule has 3 aromatic rings. The normalized spacial score (nSPS) is 11.6. The molecule has 0 amide bonds. The van der Waals surface area contributed by atoms with Gasteiger partial charge in [-0.15, -0.1) is 0 Å². The molecule has 0 fully saturated rings. The van der Waals surface area contributed by atoms with Crippen molar-refractivity contribution >= 4 is 23.2 Å².